The summed E-state index contributed by atoms with van der Waals surface area (Å²) in [4.78, 5) is 25.7. The highest BCUT2D eigenvalue weighted by molar-refractivity contribution is 5.86. The Bertz CT molecular complexity index is 775. The van der Waals surface area contributed by atoms with Gasteiger partial charge < -0.3 is 10.6 Å². The van der Waals surface area contributed by atoms with E-state index in [1.165, 1.54) is 6.92 Å². The van der Waals surface area contributed by atoms with E-state index in [2.05, 4.69) is 33.6 Å². The van der Waals surface area contributed by atoms with Crippen molar-refractivity contribution in [1.29, 1.82) is 0 Å². The van der Waals surface area contributed by atoms with Crippen LogP contribution in [0, 0.1) is 0 Å². The predicted molar refractivity (Wildman–Crippen MR) is 109 cm³/mol. The van der Waals surface area contributed by atoms with Gasteiger partial charge in [-0.15, -0.1) is 0 Å². The molecule has 6 heteroatoms. The lowest BCUT2D eigenvalue weighted by Crippen LogP contribution is -2.49. The minimum Gasteiger partial charge on any atom is -0.353 e. The van der Waals surface area contributed by atoms with Crippen molar-refractivity contribution < 1.29 is 4.79 Å². The van der Waals surface area contributed by atoms with Crippen LogP contribution in [-0.2, 0) is 10.3 Å². The molecule has 2 heterocycles. The van der Waals surface area contributed by atoms with Gasteiger partial charge in [-0.3, -0.25) is 14.7 Å². The first-order valence-corrected chi connectivity index (χ1v) is 9.51. The molecule has 2 N–H and O–H groups in total. The molecule has 0 aliphatic carbocycles. The summed E-state index contributed by atoms with van der Waals surface area (Å²) in [6.07, 6.45) is 3.66. The summed E-state index contributed by atoms with van der Waals surface area (Å²) in [5.74, 6) is 0.863. The summed E-state index contributed by atoms with van der Waals surface area (Å²) < 4.78 is 0. The molecule has 1 unspecified atom stereocenters. The van der Waals surface area contributed by atoms with Crippen molar-refractivity contribution in [2.45, 2.75) is 39.3 Å². The van der Waals surface area contributed by atoms with Gasteiger partial charge in [-0.2, -0.15) is 0 Å². The minimum absolute atomic E-state index is 0.0584. The Morgan fingerprint density at radius 2 is 1.70 bits per heavy atom. The lowest BCUT2D eigenvalue weighted by molar-refractivity contribution is -0.121. The van der Waals surface area contributed by atoms with E-state index >= 15 is 0 Å². The number of anilines is 1. The van der Waals surface area contributed by atoms with Gasteiger partial charge in [0.25, 0.3) is 0 Å². The first-order chi connectivity index (χ1) is 12.8. The number of ketones is 1. The molecular formula is C21H29N5O. The van der Waals surface area contributed by atoms with Crippen LogP contribution < -0.4 is 10.6 Å². The summed E-state index contributed by atoms with van der Waals surface area (Å²) in [7, 11) is 0. The largest absolute Gasteiger partial charge is 0.353 e. The maximum Gasteiger partial charge on any atom is 0.153 e. The first-order valence-electron chi connectivity index (χ1n) is 9.51. The predicted octanol–water partition coefficient (Wildman–Crippen LogP) is 2.44. The molecule has 144 valence electrons. The van der Waals surface area contributed by atoms with E-state index in [0.717, 1.165) is 48.8 Å². The van der Waals surface area contributed by atoms with Gasteiger partial charge in [-0.05, 0) is 33.3 Å². The highest BCUT2D eigenvalue weighted by Gasteiger charge is 2.26. The van der Waals surface area contributed by atoms with Crippen molar-refractivity contribution >= 4 is 11.6 Å². The van der Waals surface area contributed by atoms with Gasteiger partial charge in [0.2, 0.25) is 0 Å². The van der Waals surface area contributed by atoms with E-state index in [1.807, 2.05) is 36.7 Å². The third kappa shape index (κ3) is 4.17. The standard InChI is InChI=1S/C21H29N5O/c1-15(2)25-9-11-26(12-10-25)20-14-23-19(13-24-20)17-5-7-18(8-6-17)21(4,22)16(3)27/h5-8,13-15H,9-12,22H2,1-4H3. The molecule has 6 nitrogen and oxygen atoms in total. The number of nitrogens with zero attached hydrogens (tertiary/aromatic N) is 4. The number of Topliss-reactive ketones (excluding diaryl/α,β-unsaturated/α-hetero) is 1. The number of carbonyl (C=O) groups is 1. The Morgan fingerprint density at radius 3 is 2.19 bits per heavy atom. The van der Waals surface area contributed by atoms with E-state index in [-0.39, 0.29) is 5.78 Å². The van der Waals surface area contributed by atoms with Crippen molar-refractivity contribution in [3.8, 4) is 11.3 Å². The molecular weight excluding hydrogens is 338 g/mol. The summed E-state index contributed by atoms with van der Waals surface area (Å²) in [5, 5.41) is 0. The summed E-state index contributed by atoms with van der Waals surface area (Å²) in [5.41, 5.74) is 7.72. The first kappa shape index (κ1) is 19.5. The summed E-state index contributed by atoms with van der Waals surface area (Å²) in [6.45, 7) is 11.8. The van der Waals surface area contributed by atoms with Crippen LogP contribution in [0.2, 0.25) is 0 Å². The molecule has 1 saturated heterocycles. The van der Waals surface area contributed by atoms with Crippen LogP contribution in [0.4, 0.5) is 5.82 Å². The molecule has 1 aromatic carbocycles. The van der Waals surface area contributed by atoms with Gasteiger partial charge in [0.05, 0.1) is 23.6 Å². The fourth-order valence-electron chi connectivity index (χ4n) is 3.29. The Kier molecular flexibility index (Phi) is 5.58. The molecule has 0 bridgehead atoms. The van der Waals surface area contributed by atoms with Gasteiger partial charge in [0.15, 0.2) is 5.78 Å². The van der Waals surface area contributed by atoms with Gasteiger partial charge in [-0.1, -0.05) is 24.3 Å². The van der Waals surface area contributed by atoms with E-state index in [4.69, 9.17) is 5.73 Å². The van der Waals surface area contributed by atoms with Crippen molar-refractivity contribution in [2.75, 3.05) is 31.1 Å². The van der Waals surface area contributed by atoms with Crippen molar-refractivity contribution in [3.05, 3.63) is 42.2 Å². The molecule has 1 fully saturated rings. The Labute approximate surface area is 161 Å². The van der Waals surface area contributed by atoms with E-state index in [1.54, 1.807) is 6.92 Å². The fraction of sp³-hybridized carbons (Fsp3) is 0.476. The molecule has 2 aromatic rings. The summed E-state index contributed by atoms with van der Waals surface area (Å²) in [6, 6.07) is 8.24. The lowest BCUT2D eigenvalue weighted by Gasteiger charge is -2.37. The Hall–Kier alpha value is -2.31. The number of benzene rings is 1. The zero-order valence-corrected chi connectivity index (χ0v) is 16.6. The van der Waals surface area contributed by atoms with Crippen molar-refractivity contribution in [3.63, 3.8) is 0 Å². The third-order valence-electron chi connectivity index (χ3n) is 5.52. The maximum absolute atomic E-state index is 11.7. The van der Waals surface area contributed by atoms with Crippen LogP contribution in [0.25, 0.3) is 11.3 Å². The highest BCUT2D eigenvalue weighted by atomic mass is 16.1. The molecule has 1 atom stereocenters. The van der Waals surface area contributed by atoms with Crippen LogP contribution in [0.15, 0.2) is 36.7 Å². The van der Waals surface area contributed by atoms with Crippen LogP contribution in [0.1, 0.15) is 33.3 Å². The quantitative estimate of drug-likeness (QED) is 0.875. The third-order valence-corrected chi connectivity index (χ3v) is 5.52. The average molecular weight is 367 g/mol. The molecule has 1 aliphatic heterocycles. The van der Waals surface area contributed by atoms with Gasteiger partial charge in [-0.25, -0.2) is 4.98 Å². The molecule has 3 rings (SSSR count). The number of hydrogen-bond donors (Lipinski definition) is 1. The van der Waals surface area contributed by atoms with Gasteiger partial charge >= 0.3 is 0 Å². The molecule has 0 saturated carbocycles. The number of aromatic nitrogens is 2. The molecule has 0 spiro atoms. The maximum atomic E-state index is 11.7. The van der Waals surface area contributed by atoms with E-state index in [9.17, 15) is 4.79 Å². The number of nitrogens with two attached hydrogens (primary N) is 1. The zero-order valence-electron chi connectivity index (χ0n) is 16.6. The number of piperazine rings is 1. The van der Waals surface area contributed by atoms with Crippen LogP contribution in [0.3, 0.4) is 0 Å². The SMILES string of the molecule is CC(=O)C(C)(N)c1ccc(-c2cnc(N3CCN(C(C)C)CC3)cn2)cc1. The summed E-state index contributed by atoms with van der Waals surface area (Å²) >= 11 is 0. The zero-order chi connectivity index (χ0) is 19.6. The molecule has 1 aromatic heterocycles. The smallest absolute Gasteiger partial charge is 0.153 e. The Morgan fingerprint density at radius 1 is 1.07 bits per heavy atom. The topological polar surface area (TPSA) is 75.4 Å². The second kappa shape index (κ2) is 7.74. The Balaban J connectivity index is 1.70. The lowest BCUT2D eigenvalue weighted by atomic mass is 9.89. The van der Waals surface area contributed by atoms with Crippen molar-refractivity contribution in [1.82, 2.24) is 14.9 Å². The normalized spacial score (nSPS) is 17.8. The molecule has 0 amide bonds. The fourth-order valence-corrected chi connectivity index (χ4v) is 3.29. The van der Waals surface area contributed by atoms with Crippen LogP contribution in [-0.4, -0.2) is 52.9 Å². The number of rotatable bonds is 5. The van der Waals surface area contributed by atoms with E-state index in [0.29, 0.717) is 6.04 Å². The van der Waals surface area contributed by atoms with Crippen LogP contribution >= 0.6 is 0 Å². The molecule has 1 aliphatic rings. The monoisotopic (exact) mass is 367 g/mol. The van der Waals surface area contributed by atoms with Crippen molar-refractivity contribution in [2.24, 2.45) is 5.73 Å². The average Bonchev–Trinajstić information content (AvgIpc) is 2.68. The van der Waals surface area contributed by atoms with Crippen LogP contribution in [0.5, 0.6) is 0 Å². The second-order valence-electron chi connectivity index (χ2n) is 7.71. The van der Waals surface area contributed by atoms with E-state index < -0.39 is 5.54 Å². The molecule has 0 radical (unpaired) electrons. The minimum atomic E-state index is -0.966. The second-order valence-corrected chi connectivity index (χ2v) is 7.71. The number of carbonyl (C=O) groups excluding carboxylic acids is 1. The van der Waals surface area contributed by atoms with Gasteiger partial charge in [0, 0.05) is 37.8 Å². The highest BCUT2D eigenvalue weighted by Crippen LogP contribution is 2.24. The number of hydrogen-bond acceptors (Lipinski definition) is 6. The van der Waals surface area contributed by atoms with Gasteiger partial charge in [0.1, 0.15) is 5.82 Å². The molecule has 27 heavy (non-hydrogen) atoms.